The summed E-state index contributed by atoms with van der Waals surface area (Å²) in [5.74, 6) is 0.650. The highest BCUT2D eigenvalue weighted by Gasteiger charge is 2.12. The van der Waals surface area contributed by atoms with Gasteiger partial charge in [-0.05, 0) is 29.8 Å². The van der Waals surface area contributed by atoms with Gasteiger partial charge < -0.3 is 9.88 Å². The van der Waals surface area contributed by atoms with Crippen LogP contribution in [0.1, 0.15) is 11.4 Å². The van der Waals surface area contributed by atoms with E-state index in [0.29, 0.717) is 22.2 Å². The third-order valence-corrected chi connectivity index (χ3v) is 4.43. The molecule has 4 nitrogen and oxygen atoms in total. The van der Waals surface area contributed by atoms with Crippen LogP contribution in [0.5, 0.6) is 0 Å². The number of amides is 1. The van der Waals surface area contributed by atoms with E-state index in [2.05, 4.69) is 10.3 Å². The predicted molar refractivity (Wildman–Crippen MR) is 92.7 cm³/mol. The van der Waals surface area contributed by atoms with Gasteiger partial charge in [-0.2, -0.15) is 0 Å². The van der Waals surface area contributed by atoms with Crippen LogP contribution >= 0.6 is 23.2 Å². The molecule has 0 aliphatic rings. The van der Waals surface area contributed by atoms with Crippen molar-refractivity contribution in [1.29, 1.82) is 0 Å². The second-order valence-electron chi connectivity index (χ2n) is 5.23. The summed E-state index contributed by atoms with van der Waals surface area (Å²) in [6.07, 6.45) is 0.141. The first kappa shape index (κ1) is 15.8. The second-order valence-corrected chi connectivity index (χ2v) is 6.04. The molecule has 0 saturated carbocycles. The van der Waals surface area contributed by atoms with Crippen LogP contribution in [0.15, 0.2) is 42.5 Å². The molecule has 0 spiro atoms. The Kier molecular flexibility index (Phi) is 4.55. The van der Waals surface area contributed by atoms with Crippen molar-refractivity contribution in [1.82, 2.24) is 14.9 Å². The van der Waals surface area contributed by atoms with Crippen molar-refractivity contribution in [3.63, 3.8) is 0 Å². The molecule has 0 bridgehead atoms. The van der Waals surface area contributed by atoms with Gasteiger partial charge >= 0.3 is 0 Å². The number of nitrogens with zero attached hydrogens (tertiary/aromatic N) is 2. The Hall–Kier alpha value is -2.04. The average Bonchev–Trinajstić information content (AvgIpc) is 2.86. The van der Waals surface area contributed by atoms with Crippen LogP contribution in [-0.4, -0.2) is 15.5 Å². The lowest BCUT2D eigenvalue weighted by atomic mass is 10.1. The number of nitrogens with one attached hydrogen (secondary N) is 1. The minimum Gasteiger partial charge on any atom is -0.349 e. The van der Waals surface area contributed by atoms with Gasteiger partial charge in [0, 0.05) is 17.1 Å². The number of benzene rings is 2. The van der Waals surface area contributed by atoms with E-state index in [1.165, 1.54) is 0 Å². The van der Waals surface area contributed by atoms with Crippen molar-refractivity contribution >= 4 is 40.1 Å². The van der Waals surface area contributed by atoms with Crippen molar-refractivity contribution in [2.75, 3.05) is 0 Å². The molecular formula is C17H15Cl2N3O. The molecule has 0 aliphatic carbocycles. The van der Waals surface area contributed by atoms with Gasteiger partial charge in [0.15, 0.2) is 0 Å². The number of hydrogen-bond acceptors (Lipinski definition) is 2. The van der Waals surface area contributed by atoms with Crippen LogP contribution in [0.2, 0.25) is 10.0 Å². The lowest BCUT2D eigenvalue weighted by Gasteiger charge is -2.08. The van der Waals surface area contributed by atoms with Crippen LogP contribution in [-0.2, 0) is 24.8 Å². The van der Waals surface area contributed by atoms with E-state index in [4.69, 9.17) is 23.2 Å². The fourth-order valence-electron chi connectivity index (χ4n) is 2.46. The van der Waals surface area contributed by atoms with Gasteiger partial charge in [-0.15, -0.1) is 0 Å². The van der Waals surface area contributed by atoms with E-state index in [-0.39, 0.29) is 12.3 Å². The van der Waals surface area contributed by atoms with Crippen LogP contribution in [0.4, 0.5) is 0 Å². The Labute approximate surface area is 144 Å². The van der Waals surface area contributed by atoms with Gasteiger partial charge in [0.05, 0.1) is 24.0 Å². The molecule has 0 aliphatic heterocycles. The highest BCUT2D eigenvalue weighted by Crippen LogP contribution is 2.24. The molecule has 0 radical (unpaired) electrons. The normalized spacial score (nSPS) is 10.9. The van der Waals surface area contributed by atoms with E-state index >= 15 is 0 Å². The van der Waals surface area contributed by atoms with E-state index in [9.17, 15) is 4.79 Å². The summed E-state index contributed by atoms with van der Waals surface area (Å²) in [6.45, 7) is 0.353. The van der Waals surface area contributed by atoms with Gasteiger partial charge in [0.25, 0.3) is 0 Å². The van der Waals surface area contributed by atoms with Crippen molar-refractivity contribution in [2.45, 2.75) is 13.0 Å². The molecule has 1 heterocycles. The number of carbonyl (C=O) groups is 1. The zero-order chi connectivity index (χ0) is 16.4. The number of carbonyl (C=O) groups excluding carboxylic acids is 1. The number of fused-ring (bicyclic) bond motifs is 1. The van der Waals surface area contributed by atoms with Crippen LogP contribution < -0.4 is 5.32 Å². The fraction of sp³-hybridized carbons (Fsp3) is 0.176. The molecule has 0 atom stereocenters. The minimum absolute atomic E-state index is 0.141. The van der Waals surface area contributed by atoms with Gasteiger partial charge in [-0.25, -0.2) is 4.98 Å². The quantitative estimate of drug-likeness (QED) is 0.781. The second kappa shape index (κ2) is 6.60. The van der Waals surface area contributed by atoms with Crippen molar-refractivity contribution in [3.8, 4) is 0 Å². The molecule has 0 saturated heterocycles. The first-order chi connectivity index (χ1) is 11.1. The number of halogens is 2. The summed E-state index contributed by atoms with van der Waals surface area (Å²) >= 11 is 12.2. The largest absolute Gasteiger partial charge is 0.349 e. The number of imidazole rings is 1. The molecule has 2 aromatic carbocycles. The molecule has 1 amide bonds. The Balaban J connectivity index is 1.70. The third-order valence-electron chi connectivity index (χ3n) is 3.72. The molecule has 118 valence electrons. The smallest absolute Gasteiger partial charge is 0.224 e. The average molecular weight is 348 g/mol. The molecular weight excluding hydrogens is 333 g/mol. The first-order valence-corrected chi connectivity index (χ1v) is 7.92. The van der Waals surface area contributed by atoms with E-state index < -0.39 is 0 Å². The fourth-order valence-corrected chi connectivity index (χ4v) is 2.99. The van der Waals surface area contributed by atoms with Crippen LogP contribution in [0.25, 0.3) is 11.0 Å². The minimum atomic E-state index is -0.146. The van der Waals surface area contributed by atoms with E-state index in [1.54, 1.807) is 18.2 Å². The topological polar surface area (TPSA) is 46.9 Å². The molecule has 0 unspecified atom stereocenters. The standard InChI is InChI=1S/C17H15Cl2N3O/c1-22-15-8-3-2-7-14(15)21-16(22)10-20-17(23)9-11-12(18)5-4-6-13(11)19/h2-8H,9-10H2,1H3,(H,20,23). The van der Waals surface area contributed by atoms with Gasteiger partial charge in [-0.1, -0.05) is 41.4 Å². The number of para-hydroxylation sites is 2. The number of rotatable bonds is 4. The summed E-state index contributed by atoms with van der Waals surface area (Å²) < 4.78 is 1.97. The van der Waals surface area contributed by atoms with Gasteiger partial charge in [-0.3, -0.25) is 4.79 Å². The number of aromatic nitrogens is 2. The van der Waals surface area contributed by atoms with Crippen LogP contribution in [0, 0.1) is 0 Å². The lowest BCUT2D eigenvalue weighted by Crippen LogP contribution is -2.26. The molecule has 0 fully saturated rings. The van der Waals surface area contributed by atoms with Crippen molar-refractivity contribution < 1.29 is 4.79 Å². The van der Waals surface area contributed by atoms with Crippen molar-refractivity contribution in [2.24, 2.45) is 7.05 Å². The van der Waals surface area contributed by atoms with Gasteiger partial charge in [0.1, 0.15) is 5.82 Å². The zero-order valence-electron chi connectivity index (χ0n) is 12.5. The summed E-state index contributed by atoms with van der Waals surface area (Å²) in [6, 6.07) is 13.1. The maximum absolute atomic E-state index is 12.2. The SMILES string of the molecule is Cn1c(CNC(=O)Cc2c(Cl)cccc2Cl)nc2ccccc21. The van der Waals surface area contributed by atoms with E-state index in [0.717, 1.165) is 16.9 Å². The zero-order valence-corrected chi connectivity index (χ0v) is 14.0. The Morgan fingerprint density at radius 2 is 1.83 bits per heavy atom. The van der Waals surface area contributed by atoms with Gasteiger partial charge in [0.2, 0.25) is 5.91 Å². The summed E-state index contributed by atoms with van der Waals surface area (Å²) in [5.41, 5.74) is 2.58. The van der Waals surface area contributed by atoms with E-state index in [1.807, 2.05) is 35.9 Å². The lowest BCUT2D eigenvalue weighted by molar-refractivity contribution is -0.120. The molecule has 3 aromatic rings. The first-order valence-electron chi connectivity index (χ1n) is 7.16. The number of hydrogen-bond donors (Lipinski definition) is 1. The summed E-state index contributed by atoms with van der Waals surface area (Å²) in [5, 5.41) is 3.86. The monoisotopic (exact) mass is 347 g/mol. The Morgan fingerprint density at radius 3 is 2.52 bits per heavy atom. The molecule has 6 heteroatoms. The summed E-state index contributed by atoms with van der Waals surface area (Å²) in [7, 11) is 1.93. The Morgan fingerprint density at radius 1 is 1.13 bits per heavy atom. The van der Waals surface area contributed by atoms with Crippen molar-refractivity contribution in [3.05, 3.63) is 63.9 Å². The Bertz CT molecular complexity index is 853. The third kappa shape index (κ3) is 3.33. The van der Waals surface area contributed by atoms with Crippen LogP contribution in [0.3, 0.4) is 0 Å². The maximum atomic E-state index is 12.2. The molecule has 1 aromatic heterocycles. The summed E-state index contributed by atoms with van der Waals surface area (Å²) in [4.78, 5) is 16.7. The predicted octanol–water partition coefficient (Wildman–Crippen LogP) is 3.74. The highest BCUT2D eigenvalue weighted by molar-refractivity contribution is 6.36. The molecule has 3 rings (SSSR count). The highest BCUT2D eigenvalue weighted by atomic mass is 35.5. The molecule has 23 heavy (non-hydrogen) atoms. The molecule has 1 N–H and O–H groups in total. The maximum Gasteiger partial charge on any atom is 0.224 e. The number of aryl methyl sites for hydroxylation is 1.